The number of carbonyl (C=O) groups is 2. The van der Waals surface area contributed by atoms with Gasteiger partial charge in [0.25, 0.3) is 5.91 Å². The number of aryl methyl sites for hydroxylation is 2. The van der Waals surface area contributed by atoms with E-state index < -0.39 is 5.92 Å². The minimum absolute atomic E-state index is 0.0163. The van der Waals surface area contributed by atoms with E-state index in [0.29, 0.717) is 35.5 Å². The van der Waals surface area contributed by atoms with Crippen LogP contribution in [-0.4, -0.2) is 25.9 Å². The van der Waals surface area contributed by atoms with Crippen molar-refractivity contribution >= 4 is 17.4 Å². The number of methoxy groups -OCH3 is 2. The molecule has 0 radical (unpaired) electrons. The molecule has 5 rings (SSSR count). The second-order valence-electron chi connectivity index (χ2n) is 10.3. The van der Waals surface area contributed by atoms with Gasteiger partial charge in [-0.1, -0.05) is 54.1 Å². The van der Waals surface area contributed by atoms with E-state index in [1.54, 1.807) is 14.2 Å². The number of amides is 1. The molecular weight excluding hydrogens is 488 g/mol. The van der Waals surface area contributed by atoms with Gasteiger partial charge in [-0.05, 0) is 68.0 Å². The van der Waals surface area contributed by atoms with E-state index in [1.165, 1.54) is 0 Å². The van der Waals surface area contributed by atoms with Crippen molar-refractivity contribution in [1.82, 2.24) is 5.32 Å². The van der Waals surface area contributed by atoms with Crippen molar-refractivity contribution in [2.45, 2.75) is 45.4 Å². The number of nitrogens with one attached hydrogen (secondary N) is 2. The van der Waals surface area contributed by atoms with Crippen LogP contribution in [0, 0.1) is 13.8 Å². The number of anilines is 1. The van der Waals surface area contributed by atoms with Crippen molar-refractivity contribution in [2.75, 3.05) is 19.5 Å². The minimum atomic E-state index is -0.454. The Balaban J connectivity index is 1.55. The summed E-state index contributed by atoms with van der Waals surface area (Å²) in [5, 5.41) is 6.56. The second kappa shape index (κ2) is 10.8. The largest absolute Gasteiger partial charge is 0.493 e. The van der Waals surface area contributed by atoms with Crippen LogP contribution in [0.4, 0.5) is 5.69 Å². The minimum Gasteiger partial charge on any atom is -0.493 e. The summed E-state index contributed by atoms with van der Waals surface area (Å²) in [7, 11) is 3.22. The molecule has 1 heterocycles. The number of rotatable bonds is 6. The molecule has 1 aliphatic carbocycles. The van der Waals surface area contributed by atoms with E-state index in [4.69, 9.17) is 9.47 Å². The number of ketones is 1. The highest BCUT2D eigenvalue weighted by molar-refractivity contribution is 6.10. The van der Waals surface area contributed by atoms with Crippen molar-refractivity contribution in [3.8, 4) is 11.5 Å². The summed E-state index contributed by atoms with van der Waals surface area (Å²) in [6, 6.07) is 21.6. The SMILES string of the molecule is COc1ccc([C@H]2CC(=O)C3=C(C2)NC(C)=C(C(=O)Nc2ccccc2C)[C@H]3c2ccc(C)cc2)cc1OC. The summed E-state index contributed by atoms with van der Waals surface area (Å²) in [6.07, 6.45) is 1.01. The van der Waals surface area contributed by atoms with Gasteiger partial charge in [0.1, 0.15) is 0 Å². The molecule has 6 heteroatoms. The quantitative estimate of drug-likeness (QED) is 0.396. The Bertz CT molecular complexity index is 1500. The van der Waals surface area contributed by atoms with Crippen molar-refractivity contribution < 1.29 is 19.1 Å². The first-order valence-corrected chi connectivity index (χ1v) is 13.2. The molecule has 2 atom stereocenters. The highest BCUT2D eigenvalue weighted by Gasteiger charge is 2.41. The van der Waals surface area contributed by atoms with Crippen LogP contribution in [0.3, 0.4) is 0 Å². The number of Topliss-reactive ketones (excluding diaryl/α,β-unsaturated/α-hetero) is 1. The molecule has 2 aliphatic rings. The van der Waals surface area contributed by atoms with Gasteiger partial charge in [0, 0.05) is 40.6 Å². The molecule has 0 unspecified atom stereocenters. The average molecular weight is 523 g/mol. The van der Waals surface area contributed by atoms with E-state index >= 15 is 0 Å². The van der Waals surface area contributed by atoms with Gasteiger partial charge in [0.05, 0.1) is 14.2 Å². The normalized spacial score (nSPS) is 18.8. The van der Waals surface area contributed by atoms with Crippen LogP contribution in [0.2, 0.25) is 0 Å². The third kappa shape index (κ3) is 5.07. The highest BCUT2D eigenvalue weighted by atomic mass is 16.5. The van der Waals surface area contributed by atoms with Crippen LogP contribution < -0.4 is 20.1 Å². The summed E-state index contributed by atoms with van der Waals surface area (Å²) >= 11 is 0. The first kappa shape index (κ1) is 26.3. The van der Waals surface area contributed by atoms with Gasteiger partial charge in [-0.15, -0.1) is 0 Å². The van der Waals surface area contributed by atoms with E-state index in [-0.39, 0.29) is 17.6 Å². The molecular formula is C33H34N2O4. The molecule has 2 N–H and O–H groups in total. The Morgan fingerprint density at radius 1 is 0.872 bits per heavy atom. The fourth-order valence-electron chi connectivity index (χ4n) is 5.68. The molecule has 200 valence electrons. The highest BCUT2D eigenvalue weighted by Crippen LogP contribution is 2.46. The van der Waals surface area contributed by atoms with Gasteiger partial charge in [-0.3, -0.25) is 9.59 Å². The molecule has 1 aliphatic heterocycles. The number of allylic oxidation sites excluding steroid dienone is 3. The number of para-hydroxylation sites is 1. The summed E-state index contributed by atoms with van der Waals surface area (Å²) in [4.78, 5) is 27.7. The van der Waals surface area contributed by atoms with Crippen molar-refractivity contribution in [2.24, 2.45) is 0 Å². The van der Waals surface area contributed by atoms with E-state index in [1.807, 2.05) is 87.5 Å². The summed E-state index contributed by atoms with van der Waals surface area (Å²) in [6.45, 7) is 5.92. The van der Waals surface area contributed by atoms with Crippen molar-refractivity contribution in [3.63, 3.8) is 0 Å². The Morgan fingerprint density at radius 2 is 1.56 bits per heavy atom. The van der Waals surface area contributed by atoms with Gasteiger partial charge in [-0.25, -0.2) is 0 Å². The fourth-order valence-corrected chi connectivity index (χ4v) is 5.68. The first-order valence-electron chi connectivity index (χ1n) is 13.2. The molecule has 0 saturated heterocycles. The molecule has 39 heavy (non-hydrogen) atoms. The van der Waals surface area contributed by atoms with E-state index in [0.717, 1.165) is 39.3 Å². The molecule has 1 amide bonds. The molecule has 0 aromatic heterocycles. The van der Waals surface area contributed by atoms with Gasteiger partial charge in [-0.2, -0.15) is 0 Å². The second-order valence-corrected chi connectivity index (χ2v) is 10.3. The number of benzene rings is 3. The predicted molar refractivity (Wildman–Crippen MR) is 153 cm³/mol. The van der Waals surface area contributed by atoms with Crippen LogP contribution in [0.15, 0.2) is 89.3 Å². The molecule has 6 nitrogen and oxygen atoms in total. The maximum absolute atomic E-state index is 13.9. The van der Waals surface area contributed by atoms with Gasteiger partial charge in [0.2, 0.25) is 0 Å². The van der Waals surface area contributed by atoms with Crippen LogP contribution >= 0.6 is 0 Å². The lowest BCUT2D eigenvalue weighted by atomic mass is 9.71. The third-order valence-corrected chi connectivity index (χ3v) is 7.76. The zero-order chi connectivity index (χ0) is 27.7. The van der Waals surface area contributed by atoms with Crippen molar-refractivity contribution in [3.05, 3.63) is 112 Å². The summed E-state index contributed by atoms with van der Waals surface area (Å²) < 4.78 is 10.9. The maximum atomic E-state index is 13.9. The lowest BCUT2D eigenvalue weighted by Gasteiger charge is -2.37. The molecule has 0 spiro atoms. The first-order chi connectivity index (χ1) is 18.8. The third-order valence-electron chi connectivity index (χ3n) is 7.76. The van der Waals surface area contributed by atoms with Crippen LogP contribution in [0.5, 0.6) is 11.5 Å². The average Bonchev–Trinajstić information content (AvgIpc) is 2.93. The Kier molecular flexibility index (Phi) is 7.29. The zero-order valence-corrected chi connectivity index (χ0v) is 23.1. The van der Waals surface area contributed by atoms with Gasteiger partial charge in [0.15, 0.2) is 17.3 Å². The van der Waals surface area contributed by atoms with Gasteiger partial charge < -0.3 is 20.1 Å². The van der Waals surface area contributed by atoms with Gasteiger partial charge >= 0.3 is 0 Å². The monoisotopic (exact) mass is 522 g/mol. The number of carbonyl (C=O) groups excluding carboxylic acids is 2. The van der Waals surface area contributed by atoms with Crippen LogP contribution in [0.1, 0.15) is 53.9 Å². The number of hydrogen-bond acceptors (Lipinski definition) is 5. The van der Waals surface area contributed by atoms with E-state index in [2.05, 4.69) is 10.6 Å². The lowest BCUT2D eigenvalue weighted by Crippen LogP contribution is -2.37. The maximum Gasteiger partial charge on any atom is 0.254 e. The topological polar surface area (TPSA) is 76.7 Å². The lowest BCUT2D eigenvalue weighted by molar-refractivity contribution is -0.116. The number of dihydropyridines is 1. The molecule has 0 saturated carbocycles. The van der Waals surface area contributed by atoms with Crippen molar-refractivity contribution in [1.29, 1.82) is 0 Å². The zero-order valence-electron chi connectivity index (χ0n) is 23.1. The number of hydrogen-bond donors (Lipinski definition) is 2. The molecule has 3 aromatic rings. The van der Waals surface area contributed by atoms with E-state index in [9.17, 15) is 9.59 Å². The standard InChI is InChI=1S/C33H34N2O4/c1-19-10-12-22(13-11-19)31-30(33(37)35-25-9-7-6-8-20(25)2)21(3)34-26-16-24(17-27(36)32(26)31)23-14-15-28(38-4)29(18-23)39-5/h6-15,18,24,31,34H,16-17H2,1-5H3,(H,35,37)/t24-,31-/m1/s1. The van der Waals surface area contributed by atoms with Crippen LogP contribution in [-0.2, 0) is 9.59 Å². The number of ether oxygens (including phenoxy) is 2. The molecule has 3 aromatic carbocycles. The Labute approximate surface area is 229 Å². The fraction of sp³-hybridized carbons (Fsp3) is 0.273. The Hall–Kier alpha value is -4.32. The Morgan fingerprint density at radius 3 is 2.26 bits per heavy atom. The molecule has 0 bridgehead atoms. The summed E-state index contributed by atoms with van der Waals surface area (Å²) in [5.74, 6) is 0.662. The summed E-state index contributed by atoms with van der Waals surface area (Å²) in [5.41, 5.74) is 7.69. The predicted octanol–water partition coefficient (Wildman–Crippen LogP) is 6.32. The smallest absolute Gasteiger partial charge is 0.254 e. The molecule has 0 fully saturated rings. The van der Waals surface area contributed by atoms with Crippen LogP contribution in [0.25, 0.3) is 0 Å².